The Labute approximate surface area is 70.1 Å². The van der Waals surface area contributed by atoms with E-state index in [2.05, 4.69) is 0 Å². The third kappa shape index (κ3) is 2.02. The SMILES string of the molecule is CCC(O)C(O)c1cccs1. The lowest BCUT2D eigenvalue weighted by Crippen LogP contribution is -2.15. The fourth-order valence-electron chi connectivity index (χ4n) is 0.872. The number of rotatable bonds is 3. The number of aliphatic hydroxyl groups is 2. The van der Waals surface area contributed by atoms with E-state index in [4.69, 9.17) is 0 Å². The van der Waals surface area contributed by atoms with Crippen LogP contribution >= 0.6 is 11.3 Å². The monoisotopic (exact) mass is 172 g/mol. The lowest BCUT2D eigenvalue weighted by atomic mass is 10.1. The van der Waals surface area contributed by atoms with E-state index in [1.807, 2.05) is 24.4 Å². The standard InChI is InChI=1S/C8H12O2S/c1-2-6(9)8(10)7-4-3-5-11-7/h3-6,8-10H,2H2,1H3. The molecule has 0 saturated carbocycles. The van der Waals surface area contributed by atoms with Crippen LogP contribution < -0.4 is 0 Å². The van der Waals surface area contributed by atoms with E-state index in [-0.39, 0.29) is 0 Å². The molecular formula is C8H12O2S. The van der Waals surface area contributed by atoms with Crippen molar-refractivity contribution in [1.82, 2.24) is 0 Å². The minimum atomic E-state index is -0.708. The molecule has 1 rings (SSSR count). The van der Waals surface area contributed by atoms with E-state index in [0.29, 0.717) is 6.42 Å². The molecule has 0 aromatic carbocycles. The molecule has 0 aliphatic rings. The molecule has 0 fully saturated rings. The predicted octanol–water partition coefficient (Wildman–Crippen LogP) is 1.55. The van der Waals surface area contributed by atoms with Crippen LogP contribution in [0.25, 0.3) is 0 Å². The summed E-state index contributed by atoms with van der Waals surface area (Å²) in [6, 6.07) is 3.69. The van der Waals surface area contributed by atoms with Gasteiger partial charge in [0.25, 0.3) is 0 Å². The van der Waals surface area contributed by atoms with E-state index >= 15 is 0 Å². The third-order valence-electron chi connectivity index (χ3n) is 1.62. The number of hydrogen-bond acceptors (Lipinski definition) is 3. The highest BCUT2D eigenvalue weighted by molar-refractivity contribution is 7.10. The fourth-order valence-corrected chi connectivity index (χ4v) is 1.64. The molecular weight excluding hydrogens is 160 g/mol. The molecule has 2 N–H and O–H groups in total. The van der Waals surface area contributed by atoms with Crippen molar-refractivity contribution >= 4 is 11.3 Å². The zero-order chi connectivity index (χ0) is 8.27. The molecule has 0 saturated heterocycles. The van der Waals surface area contributed by atoms with Crippen LogP contribution in [-0.4, -0.2) is 16.3 Å². The Balaban J connectivity index is 2.62. The zero-order valence-electron chi connectivity index (χ0n) is 6.40. The van der Waals surface area contributed by atoms with Gasteiger partial charge in [0.2, 0.25) is 0 Å². The molecule has 0 bridgehead atoms. The van der Waals surface area contributed by atoms with Gasteiger partial charge in [0.15, 0.2) is 0 Å². The maximum atomic E-state index is 9.44. The topological polar surface area (TPSA) is 40.5 Å². The van der Waals surface area contributed by atoms with E-state index in [1.54, 1.807) is 0 Å². The molecule has 0 spiro atoms. The summed E-state index contributed by atoms with van der Waals surface area (Å²) in [5.41, 5.74) is 0. The van der Waals surface area contributed by atoms with Gasteiger partial charge in [-0.05, 0) is 17.9 Å². The second-order valence-corrected chi connectivity index (χ2v) is 3.42. The van der Waals surface area contributed by atoms with Gasteiger partial charge in [-0.25, -0.2) is 0 Å². The van der Waals surface area contributed by atoms with Crippen molar-refractivity contribution in [3.05, 3.63) is 22.4 Å². The van der Waals surface area contributed by atoms with Crippen LogP contribution in [0.15, 0.2) is 17.5 Å². The molecule has 0 aliphatic carbocycles. The highest BCUT2D eigenvalue weighted by atomic mass is 32.1. The lowest BCUT2D eigenvalue weighted by Gasteiger charge is -2.13. The van der Waals surface area contributed by atoms with Crippen molar-refractivity contribution in [1.29, 1.82) is 0 Å². The Morgan fingerprint density at radius 2 is 2.27 bits per heavy atom. The molecule has 0 aliphatic heterocycles. The number of aliphatic hydroxyl groups excluding tert-OH is 2. The van der Waals surface area contributed by atoms with E-state index in [1.165, 1.54) is 11.3 Å². The molecule has 2 nitrogen and oxygen atoms in total. The van der Waals surface area contributed by atoms with E-state index in [9.17, 15) is 10.2 Å². The predicted molar refractivity (Wildman–Crippen MR) is 45.6 cm³/mol. The molecule has 2 atom stereocenters. The summed E-state index contributed by atoms with van der Waals surface area (Å²) in [5.74, 6) is 0. The molecule has 11 heavy (non-hydrogen) atoms. The minimum absolute atomic E-state index is 0.582. The summed E-state index contributed by atoms with van der Waals surface area (Å²) in [6.45, 7) is 1.85. The van der Waals surface area contributed by atoms with Gasteiger partial charge >= 0.3 is 0 Å². The average Bonchev–Trinajstić information content (AvgIpc) is 2.53. The first kappa shape index (κ1) is 8.71. The molecule has 1 aromatic rings. The minimum Gasteiger partial charge on any atom is -0.390 e. The molecule has 0 amide bonds. The van der Waals surface area contributed by atoms with E-state index in [0.717, 1.165) is 4.88 Å². The normalized spacial score (nSPS) is 16.3. The van der Waals surface area contributed by atoms with E-state index < -0.39 is 12.2 Å². The first-order valence-corrected chi connectivity index (χ1v) is 4.53. The molecule has 1 aromatic heterocycles. The van der Waals surface area contributed by atoms with Gasteiger partial charge in [0, 0.05) is 4.88 Å². The van der Waals surface area contributed by atoms with Crippen LogP contribution in [0.5, 0.6) is 0 Å². The Morgan fingerprint density at radius 3 is 2.73 bits per heavy atom. The Kier molecular flexibility index (Phi) is 3.05. The summed E-state index contributed by atoms with van der Waals surface area (Å²) in [7, 11) is 0. The summed E-state index contributed by atoms with van der Waals surface area (Å²) in [5, 5.41) is 20.6. The largest absolute Gasteiger partial charge is 0.390 e. The van der Waals surface area contributed by atoms with Gasteiger partial charge < -0.3 is 10.2 Å². The van der Waals surface area contributed by atoms with Crippen LogP contribution in [0, 0.1) is 0 Å². The lowest BCUT2D eigenvalue weighted by molar-refractivity contribution is 0.0186. The molecule has 0 radical (unpaired) electrons. The Morgan fingerprint density at radius 1 is 1.55 bits per heavy atom. The first-order valence-electron chi connectivity index (χ1n) is 3.65. The van der Waals surface area contributed by atoms with Crippen molar-refractivity contribution in [3.63, 3.8) is 0 Å². The van der Waals surface area contributed by atoms with Gasteiger partial charge in [-0.3, -0.25) is 0 Å². The second kappa shape index (κ2) is 3.85. The van der Waals surface area contributed by atoms with Crippen molar-refractivity contribution < 1.29 is 10.2 Å². The van der Waals surface area contributed by atoms with Crippen LogP contribution in [0.4, 0.5) is 0 Å². The molecule has 3 heteroatoms. The van der Waals surface area contributed by atoms with Gasteiger partial charge in [-0.2, -0.15) is 0 Å². The Hall–Kier alpha value is -0.380. The second-order valence-electron chi connectivity index (χ2n) is 2.44. The highest BCUT2D eigenvalue weighted by Crippen LogP contribution is 2.22. The zero-order valence-corrected chi connectivity index (χ0v) is 7.21. The number of hydrogen-bond donors (Lipinski definition) is 2. The maximum Gasteiger partial charge on any atom is 0.114 e. The van der Waals surface area contributed by atoms with Gasteiger partial charge in [0.05, 0.1) is 6.10 Å². The van der Waals surface area contributed by atoms with Crippen molar-refractivity contribution in [3.8, 4) is 0 Å². The average molecular weight is 172 g/mol. The summed E-state index contributed by atoms with van der Waals surface area (Å²) >= 11 is 1.46. The fraction of sp³-hybridized carbons (Fsp3) is 0.500. The number of thiophene rings is 1. The Bertz CT molecular complexity index is 196. The van der Waals surface area contributed by atoms with Crippen LogP contribution in [0.1, 0.15) is 24.3 Å². The maximum absolute atomic E-state index is 9.44. The van der Waals surface area contributed by atoms with Gasteiger partial charge in [0.1, 0.15) is 6.10 Å². The first-order chi connectivity index (χ1) is 5.25. The van der Waals surface area contributed by atoms with Crippen molar-refractivity contribution in [2.45, 2.75) is 25.6 Å². The summed E-state index contributed by atoms with van der Waals surface area (Å²) in [6.07, 6.45) is -0.757. The van der Waals surface area contributed by atoms with Crippen LogP contribution in [-0.2, 0) is 0 Å². The van der Waals surface area contributed by atoms with Crippen LogP contribution in [0.2, 0.25) is 0 Å². The van der Waals surface area contributed by atoms with Gasteiger partial charge in [-0.1, -0.05) is 13.0 Å². The molecule has 1 heterocycles. The van der Waals surface area contributed by atoms with Crippen LogP contribution in [0.3, 0.4) is 0 Å². The summed E-state index contributed by atoms with van der Waals surface area (Å²) in [4.78, 5) is 0.833. The quantitative estimate of drug-likeness (QED) is 0.726. The molecule has 2 unspecified atom stereocenters. The smallest absolute Gasteiger partial charge is 0.114 e. The summed E-state index contributed by atoms with van der Waals surface area (Å²) < 4.78 is 0. The highest BCUT2D eigenvalue weighted by Gasteiger charge is 2.16. The van der Waals surface area contributed by atoms with Crippen molar-refractivity contribution in [2.75, 3.05) is 0 Å². The third-order valence-corrected chi connectivity index (χ3v) is 2.56. The van der Waals surface area contributed by atoms with Crippen molar-refractivity contribution in [2.24, 2.45) is 0 Å². The molecule has 62 valence electrons. The van der Waals surface area contributed by atoms with Gasteiger partial charge in [-0.15, -0.1) is 11.3 Å².